The van der Waals surface area contributed by atoms with E-state index in [0.717, 1.165) is 5.69 Å². The number of aryl methyl sites for hydroxylation is 2. The average molecular weight is 360 g/mol. The van der Waals surface area contributed by atoms with Gasteiger partial charge in [-0.25, -0.2) is 8.78 Å². The highest BCUT2D eigenvalue weighted by molar-refractivity contribution is 6.31. The monoisotopic (exact) mass is 359 g/mol. The summed E-state index contributed by atoms with van der Waals surface area (Å²) in [6.07, 6.45) is -2.79. The first kappa shape index (κ1) is 18.4. The molecule has 0 radical (unpaired) electrons. The van der Waals surface area contributed by atoms with Gasteiger partial charge in [-0.15, -0.1) is 0 Å². The Morgan fingerprint density at radius 2 is 1.88 bits per heavy atom. The molecule has 0 fully saturated rings. The Kier molecular flexibility index (Phi) is 5.27. The second-order valence-corrected chi connectivity index (χ2v) is 5.93. The van der Waals surface area contributed by atoms with E-state index in [0.29, 0.717) is 23.6 Å². The van der Waals surface area contributed by atoms with Crippen LogP contribution in [0, 0.1) is 20.8 Å². The second-order valence-electron chi connectivity index (χ2n) is 5.56. The Hall–Kier alpha value is -1.96. The normalized spacial score (nSPS) is 12.7. The van der Waals surface area contributed by atoms with Crippen molar-refractivity contribution in [3.05, 3.63) is 27.8 Å². The van der Waals surface area contributed by atoms with Crippen LogP contribution in [-0.4, -0.2) is 25.5 Å². The number of anilines is 1. The first-order valence-corrected chi connectivity index (χ1v) is 7.94. The van der Waals surface area contributed by atoms with Crippen molar-refractivity contribution >= 4 is 23.2 Å². The Labute approximate surface area is 143 Å². The van der Waals surface area contributed by atoms with Crippen LogP contribution in [0.15, 0.2) is 0 Å². The molecule has 2 rings (SSSR count). The van der Waals surface area contributed by atoms with Gasteiger partial charge in [0, 0.05) is 6.54 Å². The van der Waals surface area contributed by atoms with Gasteiger partial charge in [0.1, 0.15) is 11.7 Å². The molecule has 1 atom stereocenters. The van der Waals surface area contributed by atoms with E-state index in [1.807, 2.05) is 13.8 Å². The Morgan fingerprint density at radius 3 is 2.33 bits per heavy atom. The molecular formula is C15H20ClF2N5O. The fourth-order valence-corrected chi connectivity index (χ4v) is 2.77. The number of halogens is 3. The van der Waals surface area contributed by atoms with Gasteiger partial charge in [-0.05, 0) is 34.6 Å². The fraction of sp³-hybridized carbons (Fsp3) is 0.533. The molecule has 0 aliphatic carbocycles. The highest BCUT2D eigenvalue weighted by Crippen LogP contribution is 2.30. The first-order chi connectivity index (χ1) is 11.2. The van der Waals surface area contributed by atoms with Gasteiger partial charge in [0.15, 0.2) is 0 Å². The predicted octanol–water partition coefficient (Wildman–Crippen LogP) is 3.82. The van der Waals surface area contributed by atoms with Gasteiger partial charge < -0.3 is 5.32 Å². The van der Waals surface area contributed by atoms with Crippen molar-refractivity contribution in [2.24, 2.45) is 0 Å². The van der Waals surface area contributed by atoms with E-state index in [2.05, 4.69) is 15.5 Å². The molecule has 0 unspecified atom stereocenters. The third-order valence-corrected chi connectivity index (χ3v) is 4.45. The molecule has 9 heteroatoms. The number of alkyl halides is 2. The number of hydrogen-bond donors (Lipinski definition) is 1. The minimum Gasteiger partial charge on any atom is -0.321 e. The maximum atomic E-state index is 12.9. The number of hydrogen-bond acceptors (Lipinski definition) is 3. The number of nitrogens with zero attached hydrogens (tertiary/aromatic N) is 4. The van der Waals surface area contributed by atoms with Crippen LogP contribution in [0.2, 0.25) is 5.02 Å². The molecule has 2 aromatic rings. The van der Waals surface area contributed by atoms with Crippen molar-refractivity contribution in [3.63, 3.8) is 0 Å². The highest BCUT2D eigenvalue weighted by atomic mass is 35.5. The van der Waals surface area contributed by atoms with E-state index in [-0.39, 0.29) is 10.9 Å². The number of rotatable bonds is 5. The summed E-state index contributed by atoms with van der Waals surface area (Å²) >= 11 is 5.88. The standard InChI is InChI=1S/C15H20ClF2N5O/c1-6-22-9(4)12(7(2)20-22)19-15(24)10(5)23-8(3)11(16)13(21-23)14(17)18/h10,14H,6H2,1-5H3,(H,19,24)/t10-/m0/s1. The second kappa shape index (κ2) is 6.88. The third-order valence-electron chi connectivity index (χ3n) is 3.98. The zero-order chi connectivity index (χ0) is 18.2. The summed E-state index contributed by atoms with van der Waals surface area (Å²) in [7, 11) is 0. The molecule has 1 amide bonds. The highest BCUT2D eigenvalue weighted by Gasteiger charge is 2.26. The van der Waals surface area contributed by atoms with Crippen LogP contribution in [0.5, 0.6) is 0 Å². The summed E-state index contributed by atoms with van der Waals surface area (Å²) < 4.78 is 28.8. The van der Waals surface area contributed by atoms with Gasteiger partial charge in [-0.3, -0.25) is 14.2 Å². The maximum absolute atomic E-state index is 12.9. The zero-order valence-electron chi connectivity index (χ0n) is 14.2. The van der Waals surface area contributed by atoms with Crippen LogP contribution in [0.3, 0.4) is 0 Å². The van der Waals surface area contributed by atoms with Gasteiger partial charge in [0.05, 0.1) is 27.8 Å². The molecule has 6 nitrogen and oxygen atoms in total. The molecule has 0 aliphatic rings. The van der Waals surface area contributed by atoms with E-state index in [4.69, 9.17) is 11.6 Å². The Balaban J connectivity index is 2.28. The number of carbonyl (C=O) groups excluding carboxylic acids is 1. The molecule has 0 saturated heterocycles. The molecule has 2 aromatic heterocycles. The first-order valence-electron chi connectivity index (χ1n) is 7.56. The summed E-state index contributed by atoms with van der Waals surface area (Å²) in [4.78, 5) is 12.5. The molecule has 0 aromatic carbocycles. The predicted molar refractivity (Wildman–Crippen MR) is 87.6 cm³/mol. The fourth-order valence-electron chi connectivity index (χ4n) is 2.56. The van der Waals surface area contributed by atoms with Gasteiger partial charge in [0.2, 0.25) is 5.91 Å². The molecule has 24 heavy (non-hydrogen) atoms. The quantitative estimate of drug-likeness (QED) is 0.882. The maximum Gasteiger partial charge on any atom is 0.283 e. The molecule has 0 spiro atoms. The van der Waals surface area contributed by atoms with Gasteiger partial charge in [0.25, 0.3) is 6.43 Å². The van der Waals surface area contributed by atoms with Crippen LogP contribution in [0.1, 0.15) is 49.1 Å². The summed E-state index contributed by atoms with van der Waals surface area (Å²) in [5.41, 5.74) is 1.96. The summed E-state index contributed by atoms with van der Waals surface area (Å²) in [6.45, 7) is 9.42. The zero-order valence-corrected chi connectivity index (χ0v) is 14.9. The molecule has 0 saturated carbocycles. The molecule has 0 bridgehead atoms. The number of amides is 1. The van der Waals surface area contributed by atoms with E-state index in [9.17, 15) is 13.6 Å². The summed E-state index contributed by atoms with van der Waals surface area (Å²) in [5.74, 6) is -0.375. The number of nitrogens with one attached hydrogen (secondary N) is 1. The lowest BCUT2D eigenvalue weighted by Crippen LogP contribution is -2.25. The van der Waals surface area contributed by atoms with Crippen molar-refractivity contribution in [1.29, 1.82) is 0 Å². The van der Waals surface area contributed by atoms with Gasteiger partial charge in [-0.1, -0.05) is 11.6 Å². The largest absolute Gasteiger partial charge is 0.321 e. The minimum absolute atomic E-state index is 0.115. The van der Waals surface area contributed by atoms with Crippen molar-refractivity contribution in [3.8, 4) is 0 Å². The van der Waals surface area contributed by atoms with Crippen LogP contribution < -0.4 is 5.32 Å². The van der Waals surface area contributed by atoms with Crippen LogP contribution in [0.25, 0.3) is 0 Å². The molecule has 2 heterocycles. The lowest BCUT2D eigenvalue weighted by atomic mass is 10.2. The lowest BCUT2D eigenvalue weighted by molar-refractivity contribution is -0.119. The number of aromatic nitrogens is 4. The summed E-state index contributed by atoms with van der Waals surface area (Å²) in [5, 5.41) is 10.8. The van der Waals surface area contributed by atoms with Crippen LogP contribution >= 0.6 is 11.6 Å². The van der Waals surface area contributed by atoms with Crippen LogP contribution in [0.4, 0.5) is 14.5 Å². The average Bonchev–Trinajstić information content (AvgIpc) is 2.98. The smallest absolute Gasteiger partial charge is 0.283 e. The number of carbonyl (C=O) groups is 1. The topological polar surface area (TPSA) is 64.7 Å². The third kappa shape index (κ3) is 3.15. The van der Waals surface area contributed by atoms with Gasteiger partial charge in [-0.2, -0.15) is 10.2 Å². The molecule has 1 N–H and O–H groups in total. The van der Waals surface area contributed by atoms with E-state index >= 15 is 0 Å². The molecular weight excluding hydrogens is 340 g/mol. The van der Waals surface area contributed by atoms with Crippen molar-refractivity contribution < 1.29 is 13.6 Å². The SMILES string of the molecule is CCn1nc(C)c(NC(=O)[C@H](C)n2nc(C(F)F)c(Cl)c2C)c1C. The van der Waals surface area contributed by atoms with Gasteiger partial charge >= 0.3 is 0 Å². The molecule has 132 valence electrons. The Bertz CT molecular complexity index is 768. The van der Waals surface area contributed by atoms with Crippen molar-refractivity contribution in [2.45, 2.75) is 53.6 Å². The van der Waals surface area contributed by atoms with E-state index in [1.54, 1.807) is 25.5 Å². The lowest BCUT2D eigenvalue weighted by Gasteiger charge is -2.15. The van der Waals surface area contributed by atoms with Crippen molar-refractivity contribution in [1.82, 2.24) is 19.6 Å². The van der Waals surface area contributed by atoms with Crippen LogP contribution in [-0.2, 0) is 11.3 Å². The summed E-state index contributed by atoms with van der Waals surface area (Å²) in [6, 6.07) is -0.793. The van der Waals surface area contributed by atoms with Crippen molar-refractivity contribution in [2.75, 3.05) is 5.32 Å². The van der Waals surface area contributed by atoms with E-state index in [1.165, 1.54) is 4.68 Å². The molecule has 0 aliphatic heterocycles. The van der Waals surface area contributed by atoms with E-state index < -0.39 is 18.2 Å². The Morgan fingerprint density at radius 1 is 1.25 bits per heavy atom. The minimum atomic E-state index is -2.79.